The molecule has 0 bridgehead atoms. The Kier molecular flexibility index (Phi) is 8.87. The molecule has 0 unspecified atom stereocenters. The van der Waals surface area contributed by atoms with E-state index in [1.54, 1.807) is 55.5 Å². The van der Waals surface area contributed by atoms with Crippen LogP contribution in [0.15, 0.2) is 91.0 Å². The first kappa shape index (κ1) is 29.5. The quantitative estimate of drug-likeness (QED) is 0.246. The Labute approximate surface area is 254 Å². The van der Waals surface area contributed by atoms with Gasteiger partial charge in [0.05, 0.1) is 18.0 Å². The minimum absolute atomic E-state index is 0.00593. The Morgan fingerprint density at radius 2 is 1.63 bits per heavy atom. The molecule has 3 amide bonds. The first-order chi connectivity index (χ1) is 20.7. The summed E-state index contributed by atoms with van der Waals surface area (Å²) in [5.74, 6) is -1.48. The summed E-state index contributed by atoms with van der Waals surface area (Å²) in [6.07, 6.45) is 0.00593. The van der Waals surface area contributed by atoms with Crippen molar-refractivity contribution in [3.63, 3.8) is 0 Å². The fourth-order valence-electron chi connectivity index (χ4n) is 4.97. The zero-order valence-electron chi connectivity index (χ0n) is 23.8. The Hall–Kier alpha value is -4.95. The number of hydrogen-bond donors (Lipinski definition) is 1. The predicted molar refractivity (Wildman–Crippen MR) is 168 cm³/mol. The van der Waals surface area contributed by atoms with Crippen LogP contribution in [0.2, 0.25) is 5.02 Å². The van der Waals surface area contributed by atoms with E-state index < -0.39 is 5.97 Å². The van der Waals surface area contributed by atoms with Crippen LogP contribution in [0, 0.1) is 6.92 Å². The molecule has 218 valence electrons. The smallest absolute Gasteiger partial charge is 0.326 e. The molecule has 43 heavy (non-hydrogen) atoms. The third-order valence-corrected chi connectivity index (χ3v) is 7.37. The maximum Gasteiger partial charge on any atom is 0.326 e. The molecule has 0 radical (unpaired) electrons. The van der Waals surface area contributed by atoms with E-state index in [1.165, 1.54) is 9.80 Å². The summed E-state index contributed by atoms with van der Waals surface area (Å²) in [6.45, 7) is 3.71. The molecule has 0 saturated carbocycles. The summed E-state index contributed by atoms with van der Waals surface area (Å²) in [5, 5.41) is 3.28. The molecule has 0 aliphatic carbocycles. The van der Waals surface area contributed by atoms with Crippen LogP contribution in [0.1, 0.15) is 39.6 Å². The number of rotatable bonds is 7. The number of esters is 1. The lowest BCUT2D eigenvalue weighted by Crippen LogP contribution is -2.36. The van der Waals surface area contributed by atoms with Crippen LogP contribution in [0.3, 0.4) is 0 Å². The summed E-state index contributed by atoms with van der Waals surface area (Å²) in [4.78, 5) is 55.0. The number of carbonyl (C=O) groups excluding carboxylic acids is 4. The Bertz CT molecular complexity index is 1690. The number of hydrogen-bond acceptors (Lipinski definition) is 5. The highest BCUT2D eigenvalue weighted by Crippen LogP contribution is 2.36. The van der Waals surface area contributed by atoms with Crippen LogP contribution in [-0.4, -0.2) is 43.4 Å². The number of ether oxygens (including phenoxy) is 1. The molecule has 0 aromatic heterocycles. The van der Waals surface area contributed by atoms with Crippen LogP contribution in [0.25, 0.3) is 11.1 Å². The SMILES string of the molecule is CCOC(=O)CN1C(=O)CCN(C(=O)c2ccc(NC(=O)c3ccccc3-c3ccc(C)cc3)cc2)c2ccc(Cl)cc21. The molecule has 1 heterocycles. The molecule has 0 saturated heterocycles. The lowest BCUT2D eigenvalue weighted by atomic mass is 9.98. The van der Waals surface area contributed by atoms with Gasteiger partial charge in [-0.2, -0.15) is 0 Å². The molecule has 4 aromatic rings. The molecular formula is C34H30ClN3O5. The standard InChI is InChI=1S/C34H30ClN3O5/c1-3-43-32(40)21-38-30-20-25(35)14-17-29(30)37(19-18-31(38)39)34(42)24-12-15-26(16-13-24)36-33(41)28-7-5-4-6-27(28)23-10-8-22(2)9-11-23/h4-17,20H,3,18-19,21H2,1-2H3,(H,36,41). The molecule has 8 nitrogen and oxygen atoms in total. The van der Waals surface area contributed by atoms with Gasteiger partial charge in [0, 0.05) is 34.8 Å². The normalized spacial score (nSPS) is 12.8. The minimum Gasteiger partial charge on any atom is -0.465 e. The Morgan fingerprint density at radius 1 is 0.907 bits per heavy atom. The van der Waals surface area contributed by atoms with E-state index >= 15 is 0 Å². The Morgan fingerprint density at radius 3 is 2.35 bits per heavy atom. The van der Waals surface area contributed by atoms with Gasteiger partial charge in [0.1, 0.15) is 6.54 Å². The van der Waals surface area contributed by atoms with Crippen LogP contribution < -0.4 is 15.1 Å². The number of halogens is 1. The first-order valence-corrected chi connectivity index (χ1v) is 14.3. The van der Waals surface area contributed by atoms with Gasteiger partial charge in [-0.1, -0.05) is 59.6 Å². The third-order valence-electron chi connectivity index (χ3n) is 7.13. The number of anilines is 3. The van der Waals surface area contributed by atoms with Crippen molar-refractivity contribution in [2.75, 3.05) is 34.8 Å². The van der Waals surface area contributed by atoms with Gasteiger partial charge in [-0.25, -0.2) is 0 Å². The van der Waals surface area contributed by atoms with E-state index in [1.807, 2.05) is 49.4 Å². The molecular weight excluding hydrogens is 566 g/mol. The molecule has 0 atom stereocenters. The number of aryl methyl sites for hydroxylation is 1. The maximum atomic E-state index is 13.7. The summed E-state index contributed by atoms with van der Waals surface area (Å²) in [6, 6.07) is 26.8. The van der Waals surface area contributed by atoms with E-state index in [-0.39, 0.29) is 43.8 Å². The molecule has 4 aromatic carbocycles. The van der Waals surface area contributed by atoms with E-state index in [4.69, 9.17) is 16.3 Å². The Balaban J connectivity index is 1.36. The topological polar surface area (TPSA) is 96.0 Å². The molecule has 0 spiro atoms. The number of amides is 3. The highest BCUT2D eigenvalue weighted by molar-refractivity contribution is 6.31. The highest BCUT2D eigenvalue weighted by Gasteiger charge is 2.31. The molecule has 5 rings (SSSR count). The van der Waals surface area contributed by atoms with Gasteiger partial charge in [0.2, 0.25) is 5.91 Å². The van der Waals surface area contributed by atoms with Gasteiger partial charge in [-0.3, -0.25) is 24.1 Å². The second-order valence-electron chi connectivity index (χ2n) is 10.1. The van der Waals surface area contributed by atoms with E-state index in [2.05, 4.69) is 5.32 Å². The van der Waals surface area contributed by atoms with Crippen LogP contribution >= 0.6 is 11.6 Å². The van der Waals surface area contributed by atoms with Gasteiger partial charge in [-0.15, -0.1) is 0 Å². The van der Waals surface area contributed by atoms with E-state index in [0.717, 1.165) is 16.7 Å². The summed E-state index contributed by atoms with van der Waals surface area (Å²) < 4.78 is 5.05. The molecule has 1 N–H and O–H groups in total. The molecule has 1 aliphatic heterocycles. The number of nitrogens with zero attached hydrogens (tertiary/aromatic N) is 2. The summed E-state index contributed by atoms with van der Waals surface area (Å²) in [5.41, 5.74) is 5.12. The number of nitrogens with one attached hydrogen (secondary N) is 1. The molecule has 0 fully saturated rings. The summed E-state index contributed by atoms with van der Waals surface area (Å²) in [7, 11) is 0. The van der Waals surface area contributed by atoms with Crippen molar-refractivity contribution < 1.29 is 23.9 Å². The average molecular weight is 596 g/mol. The van der Waals surface area contributed by atoms with Crippen LogP contribution in [0.5, 0.6) is 0 Å². The predicted octanol–water partition coefficient (Wildman–Crippen LogP) is 6.51. The van der Waals surface area contributed by atoms with Gasteiger partial charge in [0.15, 0.2) is 0 Å². The molecule has 1 aliphatic rings. The second-order valence-corrected chi connectivity index (χ2v) is 10.5. The summed E-state index contributed by atoms with van der Waals surface area (Å²) >= 11 is 6.25. The van der Waals surface area contributed by atoms with Crippen molar-refractivity contribution in [1.82, 2.24) is 0 Å². The average Bonchev–Trinajstić information content (AvgIpc) is 3.13. The fourth-order valence-corrected chi connectivity index (χ4v) is 5.14. The first-order valence-electron chi connectivity index (χ1n) is 13.9. The van der Waals surface area contributed by atoms with Crippen molar-refractivity contribution in [2.24, 2.45) is 0 Å². The lowest BCUT2D eigenvalue weighted by molar-refractivity contribution is -0.142. The second kappa shape index (κ2) is 12.9. The maximum absolute atomic E-state index is 13.7. The zero-order valence-corrected chi connectivity index (χ0v) is 24.6. The number of fused-ring (bicyclic) bond motifs is 1. The number of carbonyl (C=O) groups is 4. The van der Waals surface area contributed by atoms with Crippen molar-refractivity contribution >= 4 is 52.4 Å². The van der Waals surface area contributed by atoms with Crippen LogP contribution in [0.4, 0.5) is 17.1 Å². The monoisotopic (exact) mass is 595 g/mol. The largest absolute Gasteiger partial charge is 0.465 e. The van der Waals surface area contributed by atoms with Gasteiger partial charge in [-0.05, 0) is 73.5 Å². The van der Waals surface area contributed by atoms with E-state index in [9.17, 15) is 19.2 Å². The number of benzene rings is 4. The van der Waals surface area contributed by atoms with E-state index in [0.29, 0.717) is 33.2 Å². The highest BCUT2D eigenvalue weighted by atomic mass is 35.5. The van der Waals surface area contributed by atoms with Crippen molar-refractivity contribution in [2.45, 2.75) is 20.3 Å². The van der Waals surface area contributed by atoms with Crippen molar-refractivity contribution in [3.8, 4) is 11.1 Å². The van der Waals surface area contributed by atoms with Crippen molar-refractivity contribution in [1.29, 1.82) is 0 Å². The minimum atomic E-state index is -0.555. The third kappa shape index (κ3) is 6.60. The van der Waals surface area contributed by atoms with Gasteiger partial charge < -0.3 is 15.0 Å². The van der Waals surface area contributed by atoms with Crippen molar-refractivity contribution in [3.05, 3.63) is 113 Å². The zero-order chi connectivity index (χ0) is 30.5. The van der Waals surface area contributed by atoms with Gasteiger partial charge >= 0.3 is 5.97 Å². The van der Waals surface area contributed by atoms with Crippen LogP contribution in [-0.2, 0) is 14.3 Å². The fraction of sp³-hybridized carbons (Fsp3) is 0.176. The molecule has 9 heteroatoms. The lowest BCUT2D eigenvalue weighted by Gasteiger charge is -2.25. The van der Waals surface area contributed by atoms with Gasteiger partial charge in [0.25, 0.3) is 11.8 Å².